The maximum atomic E-state index is 12.7. The summed E-state index contributed by atoms with van der Waals surface area (Å²) in [6.07, 6.45) is 2.83. The molecule has 2 rings (SSSR count). The molecule has 6 nitrogen and oxygen atoms in total. The van der Waals surface area contributed by atoms with Gasteiger partial charge in [-0.25, -0.2) is 21.2 Å². The molecule has 156 valence electrons. The predicted octanol–water partition coefficient (Wildman–Crippen LogP) is 2.51. The van der Waals surface area contributed by atoms with Gasteiger partial charge >= 0.3 is 11.5 Å². The normalized spacial score (nSPS) is 27.5. The molecule has 1 saturated carbocycles. The van der Waals surface area contributed by atoms with Gasteiger partial charge in [0.15, 0.2) is 20.4 Å². The molecule has 0 aromatic rings. The van der Waals surface area contributed by atoms with Crippen LogP contribution in [0.4, 0.5) is 17.6 Å². The van der Waals surface area contributed by atoms with Gasteiger partial charge in [-0.15, -0.1) is 0 Å². The van der Waals surface area contributed by atoms with E-state index in [1.54, 1.807) is 0 Å². The van der Waals surface area contributed by atoms with Crippen molar-refractivity contribution in [3.05, 3.63) is 12.2 Å². The molecule has 0 radical (unpaired) electrons. The molecule has 12 heteroatoms. The van der Waals surface area contributed by atoms with Crippen LogP contribution < -0.4 is 0 Å². The van der Waals surface area contributed by atoms with Gasteiger partial charge in [-0.1, -0.05) is 12.2 Å². The molecule has 2 aliphatic carbocycles. The highest BCUT2D eigenvalue weighted by Gasteiger charge is 2.55. The van der Waals surface area contributed by atoms with Gasteiger partial charge in [0, 0.05) is 0 Å². The largest absolute Gasteiger partial charge is 0.498 e. The van der Waals surface area contributed by atoms with Crippen molar-refractivity contribution in [2.24, 2.45) is 17.8 Å². The van der Waals surface area contributed by atoms with E-state index in [1.165, 1.54) is 6.92 Å². The lowest BCUT2D eigenvalue weighted by atomic mass is 9.94. The fraction of sp³-hybridized carbons (Fsp3) is 0.800. The van der Waals surface area contributed by atoms with Gasteiger partial charge in [0.25, 0.3) is 9.84 Å². The average Bonchev–Trinajstić information content (AvgIpc) is 3.16. The number of rotatable bonds is 8. The van der Waals surface area contributed by atoms with Gasteiger partial charge in [-0.3, -0.25) is 4.79 Å². The maximum Gasteiger partial charge on any atom is 0.498 e. The van der Waals surface area contributed by atoms with E-state index < -0.39 is 60.7 Å². The summed E-state index contributed by atoms with van der Waals surface area (Å²) in [5.41, 5.74) is -5.84. The fourth-order valence-electron chi connectivity index (χ4n) is 3.51. The summed E-state index contributed by atoms with van der Waals surface area (Å²) in [5, 5.41) is 0. The second kappa shape index (κ2) is 7.69. The van der Waals surface area contributed by atoms with Gasteiger partial charge < -0.3 is 4.74 Å². The summed E-state index contributed by atoms with van der Waals surface area (Å²) in [7, 11) is -11.3. The van der Waals surface area contributed by atoms with Crippen LogP contribution in [0.1, 0.15) is 32.6 Å². The first-order valence-corrected chi connectivity index (χ1v) is 11.5. The van der Waals surface area contributed by atoms with Crippen molar-refractivity contribution in [2.75, 3.05) is 6.01 Å². The van der Waals surface area contributed by atoms with Crippen molar-refractivity contribution in [1.82, 2.24) is 0 Å². The summed E-state index contributed by atoms with van der Waals surface area (Å²) in [6.45, 7) is 1.32. The smallest absolute Gasteiger partial charge is 0.462 e. The van der Waals surface area contributed by atoms with Crippen LogP contribution >= 0.6 is 0 Å². The Hall–Kier alpha value is -1.17. The number of halogens is 4. The van der Waals surface area contributed by atoms with E-state index in [0.717, 1.165) is 6.42 Å². The van der Waals surface area contributed by atoms with E-state index in [1.807, 2.05) is 12.2 Å². The third-order valence-electron chi connectivity index (χ3n) is 4.93. The van der Waals surface area contributed by atoms with E-state index in [-0.39, 0.29) is 11.8 Å². The Morgan fingerprint density at radius 3 is 2.22 bits per heavy atom. The summed E-state index contributed by atoms with van der Waals surface area (Å²) in [4.78, 5) is 12.2. The number of carbonyl (C=O) groups excluding carboxylic acids is 1. The van der Waals surface area contributed by atoms with E-state index in [9.17, 15) is 39.2 Å². The molecular weight excluding hydrogens is 416 g/mol. The molecule has 0 aromatic heterocycles. The Morgan fingerprint density at radius 2 is 1.78 bits per heavy atom. The number of fused-ring (bicyclic) bond motifs is 2. The Labute approximate surface area is 154 Å². The van der Waals surface area contributed by atoms with Crippen LogP contribution in [0.25, 0.3) is 0 Å². The summed E-state index contributed by atoms with van der Waals surface area (Å²) in [6, 6.07) is -2.24. The first-order chi connectivity index (χ1) is 12.3. The van der Waals surface area contributed by atoms with Gasteiger partial charge in [0.1, 0.15) is 0 Å². The average molecular weight is 436 g/mol. The maximum absolute atomic E-state index is 12.7. The number of sulfone groups is 2. The van der Waals surface area contributed by atoms with Crippen LogP contribution in [0.5, 0.6) is 0 Å². The van der Waals surface area contributed by atoms with E-state index >= 15 is 0 Å². The lowest BCUT2D eigenvalue weighted by Gasteiger charge is -2.22. The van der Waals surface area contributed by atoms with Gasteiger partial charge in [-0.05, 0) is 44.4 Å². The summed E-state index contributed by atoms with van der Waals surface area (Å²) >= 11 is 0. The number of ether oxygens (including phenoxy) is 1. The fourth-order valence-corrected chi connectivity index (χ4v) is 6.92. The first-order valence-electron chi connectivity index (χ1n) is 8.26. The third-order valence-corrected chi connectivity index (χ3v) is 9.48. The number of alkyl halides is 4. The van der Waals surface area contributed by atoms with Crippen LogP contribution in [-0.2, 0) is 29.2 Å². The lowest BCUT2D eigenvalue weighted by molar-refractivity contribution is -0.154. The Morgan fingerprint density at radius 1 is 1.15 bits per heavy atom. The lowest BCUT2D eigenvalue weighted by Crippen LogP contribution is -2.40. The molecule has 1 fully saturated rings. The summed E-state index contributed by atoms with van der Waals surface area (Å²) in [5.74, 6) is -0.589. The molecule has 5 unspecified atom stereocenters. The van der Waals surface area contributed by atoms with E-state index in [0.29, 0.717) is 12.3 Å². The zero-order valence-electron chi connectivity index (χ0n) is 14.4. The second-order valence-corrected chi connectivity index (χ2v) is 11.4. The molecule has 0 heterocycles. The van der Waals surface area contributed by atoms with Crippen molar-refractivity contribution in [3.8, 4) is 0 Å². The molecule has 0 amide bonds. The molecule has 0 saturated heterocycles. The molecular formula is C15H20F4O6S2. The SMILES string of the molecule is CC(CCC(S(=O)(=O)CF)S(=O)(=O)C(F)(F)F)OC(=O)C1CC2C=CC1C2. The minimum atomic E-state index is -6.13. The zero-order valence-corrected chi connectivity index (χ0v) is 16.0. The zero-order chi connectivity index (χ0) is 20.6. The molecule has 0 aliphatic heterocycles. The predicted molar refractivity (Wildman–Crippen MR) is 87.3 cm³/mol. The van der Waals surface area contributed by atoms with Gasteiger partial charge in [-0.2, -0.15) is 13.2 Å². The highest BCUT2D eigenvalue weighted by molar-refractivity contribution is 8.09. The van der Waals surface area contributed by atoms with Crippen molar-refractivity contribution in [3.63, 3.8) is 0 Å². The van der Waals surface area contributed by atoms with Crippen LogP contribution in [0.15, 0.2) is 12.2 Å². The molecule has 27 heavy (non-hydrogen) atoms. The molecule has 2 aliphatic rings. The van der Waals surface area contributed by atoms with Crippen molar-refractivity contribution in [1.29, 1.82) is 0 Å². The highest BCUT2D eigenvalue weighted by Crippen LogP contribution is 2.44. The van der Waals surface area contributed by atoms with Crippen molar-refractivity contribution >= 4 is 25.6 Å². The Balaban J connectivity index is 2.02. The van der Waals surface area contributed by atoms with Crippen molar-refractivity contribution in [2.45, 2.75) is 48.8 Å². The van der Waals surface area contributed by atoms with Crippen LogP contribution in [-0.4, -0.2) is 45.0 Å². The van der Waals surface area contributed by atoms with E-state index in [2.05, 4.69) is 0 Å². The second-order valence-electron chi connectivity index (χ2n) is 6.90. The number of esters is 1. The minimum Gasteiger partial charge on any atom is -0.462 e. The molecule has 0 aromatic carbocycles. The number of carbonyl (C=O) groups is 1. The highest BCUT2D eigenvalue weighted by atomic mass is 32.3. The minimum absolute atomic E-state index is 0.0416. The third kappa shape index (κ3) is 4.64. The summed E-state index contributed by atoms with van der Waals surface area (Å²) < 4.78 is 99.1. The topological polar surface area (TPSA) is 94.6 Å². The number of allylic oxidation sites excluding steroid dienone is 2. The quantitative estimate of drug-likeness (QED) is 0.330. The monoisotopic (exact) mass is 436 g/mol. The van der Waals surface area contributed by atoms with Gasteiger partial charge in [0.2, 0.25) is 0 Å². The van der Waals surface area contributed by atoms with Crippen LogP contribution in [0, 0.1) is 17.8 Å². The molecule has 0 spiro atoms. The van der Waals surface area contributed by atoms with E-state index in [4.69, 9.17) is 4.74 Å². The molecule has 5 atom stereocenters. The Kier molecular flexibility index (Phi) is 6.30. The Bertz CT molecular complexity index is 803. The molecule has 0 N–H and O–H groups in total. The first kappa shape index (κ1) is 22.1. The number of hydrogen-bond acceptors (Lipinski definition) is 6. The molecule has 2 bridgehead atoms. The van der Waals surface area contributed by atoms with Crippen LogP contribution in [0.2, 0.25) is 0 Å². The standard InChI is InChI=1S/C15H20F4O6S2/c1-9(25-14(20)12-7-10-3-4-11(12)6-10)2-5-13(26(21,22)8-16)27(23,24)15(17,18)19/h3-4,9-13H,2,5-8H2,1H3. The number of hydrogen-bond donors (Lipinski definition) is 0. The van der Waals surface area contributed by atoms with Gasteiger partial charge in [0.05, 0.1) is 12.0 Å². The van der Waals surface area contributed by atoms with Crippen LogP contribution in [0.3, 0.4) is 0 Å². The van der Waals surface area contributed by atoms with Crippen molar-refractivity contribution < 1.29 is 43.9 Å².